The van der Waals surface area contributed by atoms with E-state index in [2.05, 4.69) is 47.8 Å². The Bertz CT molecular complexity index is 515. The molecule has 2 aromatic carbocycles. The monoisotopic (exact) mass is 257 g/mol. The van der Waals surface area contributed by atoms with Crippen LogP contribution in [0.2, 0.25) is 5.02 Å². The van der Waals surface area contributed by atoms with Crippen LogP contribution in [0.3, 0.4) is 0 Å². The maximum Gasteiger partial charge on any atom is 0.0406 e. The van der Waals surface area contributed by atoms with Crippen LogP contribution >= 0.6 is 11.6 Å². The molecule has 0 unspecified atom stereocenters. The summed E-state index contributed by atoms with van der Waals surface area (Å²) in [6.07, 6.45) is 1.07. The third kappa shape index (κ3) is 2.16. The summed E-state index contributed by atoms with van der Waals surface area (Å²) in [5, 5.41) is 4.21. The molecule has 1 nitrogen and oxygen atoms in total. The molecule has 1 aliphatic rings. The van der Waals surface area contributed by atoms with Gasteiger partial charge in [-0.05, 0) is 29.7 Å². The van der Waals surface area contributed by atoms with Gasteiger partial charge in [0.15, 0.2) is 0 Å². The molecule has 0 saturated carbocycles. The molecule has 1 heterocycles. The normalized spacial score (nSPS) is 17.2. The molecular weight excluding hydrogens is 242 g/mol. The van der Waals surface area contributed by atoms with Crippen molar-refractivity contribution in [3.63, 3.8) is 0 Å². The molecule has 2 heteroatoms. The van der Waals surface area contributed by atoms with E-state index in [-0.39, 0.29) is 5.41 Å². The molecule has 0 bridgehead atoms. The predicted molar refractivity (Wildman–Crippen MR) is 76.1 cm³/mol. The second-order valence-electron chi connectivity index (χ2n) is 5.05. The summed E-state index contributed by atoms with van der Waals surface area (Å²) in [7, 11) is 0. The number of hydrogen-bond acceptors (Lipinski definition) is 1. The number of halogens is 1. The van der Waals surface area contributed by atoms with Crippen LogP contribution in [0.4, 0.5) is 0 Å². The molecule has 0 aromatic heterocycles. The van der Waals surface area contributed by atoms with Crippen LogP contribution in [-0.2, 0) is 11.8 Å². The zero-order valence-electron chi connectivity index (χ0n) is 10.2. The molecule has 1 N–H and O–H groups in total. The summed E-state index contributed by atoms with van der Waals surface area (Å²) in [5.74, 6) is 0. The van der Waals surface area contributed by atoms with Crippen molar-refractivity contribution in [3.05, 3.63) is 70.7 Å². The van der Waals surface area contributed by atoms with Gasteiger partial charge in [-0.15, -0.1) is 0 Å². The lowest BCUT2D eigenvalue weighted by atomic mass is 9.71. The van der Waals surface area contributed by atoms with Gasteiger partial charge in [-0.1, -0.05) is 54.1 Å². The van der Waals surface area contributed by atoms with Crippen LogP contribution < -0.4 is 5.32 Å². The van der Waals surface area contributed by atoms with Gasteiger partial charge in [0.2, 0.25) is 0 Å². The fourth-order valence-electron chi connectivity index (χ4n) is 2.64. The van der Waals surface area contributed by atoms with Crippen LogP contribution in [0, 0.1) is 0 Å². The standard InChI is InChI=1S/C16H16ClN/c17-15-8-6-13(7-9-15)10-16(11-18-12-16)14-4-2-1-3-5-14/h1-9,18H,10-12H2. The average Bonchev–Trinajstić information content (AvgIpc) is 2.37. The summed E-state index contributed by atoms with van der Waals surface area (Å²) in [6.45, 7) is 2.11. The van der Waals surface area contributed by atoms with Crippen molar-refractivity contribution in [1.82, 2.24) is 5.32 Å². The number of hydrogen-bond donors (Lipinski definition) is 1. The van der Waals surface area contributed by atoms with Gasteiger partial charge in [-0.3, -0.25) is 0 Å². The molecule has 1 saturated heterocycles. The van der Waals surface area contributed by atoms with E-state index in [4.69, 9.17) is 11.6 Å². The van der Waals surface area contributed by atoms with Gasteiger partial charge in [0, 0.05) is 23.5 Å². The minimum absolute atomic E-state index is 0.259. The van der Waals surface area contributed by atoms with Gasteiger partial charge in [0.05, 0.1) is 0 Å². The Kier molecular flexibility index (Phi) is 3.11. The van der Waals surface area contributed by atoms with Crippen molar-refractivity contribution in [2.45, 2.75) is 11.8 Å². The van der Waals surface area contributed by atoms with E-state index >= 15 is 0 Å². The minimum atomic E-state index is 0.259. The van der Waals surface area contributed by atoms with E-state index < -0.39 is 0 Å². The second-order valence-corrected chi connectivity index (χ2v) is 5.49. The van der Waals surface area contributed by atoms with Gasteiger partial charge >= 0.3 is 0 Å². The molecule has 18 heavy (non-hydrogen) atoms. The quantitative estimate of drug-likeness (QED) is 0.889. The van der Waals surface area contributed by atoms with Gasteiger partial charge in [-0.25, -0.2) is 0 Å². The summed E-state index contributed by atoms with van der Waals surface area (Å²) >= 11 is 5.94. The third-order valence-electron chi connectivity index (χ3n) is 3.77. The minimum Gasteiger partial charge on any atom is -0.315 e. The van der Waals surface area contributed by atoms with Crippen LogP contribution in [0.1, 0.15) is 11.1 Å². The molecule has 92 valence electrons. The van der Waals surface area contributed by atoms with Crippen molar-refractivity contribution >= 4 is 11.6 Å². The Morgan fingerprint density at radius 2 is 1.61 bits per heavy atom. The first-order valence-corrected chi connectivity index (χ1v) is 6.67. The second kappa shape index (κ2) is 4.75. The lowest BCUT2D eigenvalue weighted by molar-refractivity contribution is 0.275. The topological polar surface area (TPSA) is 12.0 Å². The van der Waals surface area contributed by atoms with Crippen molar-refractivity contribution in [2.24, 2.45) is 0 Å². The number of rotatable bonds is 3. The van der Waals surface area contributed by atoms with Crippen LogP contribution in [0.5, 0.6) is 0 Å². The van der Waals surface area contributed by atoms with Crippen molar-refractivity contribution in [2.75, 3.05) is 13.1 Å². The van der Waals surface area contributed by atoms with Gasteiger partial charge in [-0.2, -0.15) is 0 Å². The molecule has 1 fully saturated rings. The fourth-order valence-corrected chi connectivity index (χ4v) is 2.77. The Morgan fingerprint density at radius 1 is 0.944 bits per heavy atom. The van der Waals surface area contributed by atoms with Crippen LogP contribution in [0.15, 0.2) is 54.6 Å². The van der Waals surface area contributed by atoms with Gasteiger partial charge in [0.25, 0.3) is 0 Å². The molecule has 0 atom stereocenters. The summed E-state index contributed by atoms with van der Waals surface area (Å²) < 4.78 is 0. The Labute approximate surface area is 113 Å². The van der Waals surface area contributed by atoms with E-state index in [1.165, 1.54) is 11.1 Å². The van der Waals surface area contributed by atoms with Crippen LogP contribution in [-0.4, -0.2) is 13.1 Å². The molecule has 0 amide bonds. The zero-order chi connectivity index (χ0) is 12.4. The average molecular weight is 258 g/mol. The summed E-state index contributed by atoms with van der Waals surface area (Å²) in [6, 6.07) is 19.0. The van der Waals surface area contributed by atoms with E-state index in [1.807, 2.05) is 12.1 Å². The fraction of sp³-hybridized carbons (Fsp3) is 0.250. The Morgan fingerprint density at radius 3 is 2.17 bits per heavy atom. The van der Waals surface area contributed by atoms with E-state index in [0.717, 1.165) is 24.5 Å². The summed E-state index contributed by atoms with van der Waals surface area (Å²) in [4.78, 5) is 0. The van der Waals surface area contributed by atoms with Gasteiger partial charge in [0.1, 0.15) is 0 Å². The molecule has 1 aliphatic heterocycles. The molecule has 0 aliphatic carbocycles. The van der Waals surface area contributed by atoms with E-state index in [9.17, 15) is 0 Å². The highest BCUT2D eigenvalue weighted by molar-refractivity contribution is 6.30. The molecule has 2 aromatic rings. The predicted octanol–water partition coefficient (Wildman–Crippen LogP) is 3.42. The largest absolute Gasteiger partial charge is 0.315 e. The lowest BCUT2D eigenvalue weighted by Crippen LogP contribution is -2.58. The number of benzene rings is 2. The third-order valence-corrected chi connectivity index (χ3v) is 4.02. The molecule has 0 radical (unpaired) electrons. The van der Waals surface area contributed by atoms with Crippen molar-refractivity contribution in [1.29, 1.82) is 0 Å². The summed E-state index contributed by atoms with van der Waals surface area (Å²) in [5.41, 5.74) is 3.04. The number of nitrogens with one attached hydrogen (secondary N) is 1. The molecule has 0 spiro atoms. The zero-order valence-corrected chi connectivity index (χ0v) is 11.0. The maximum atomic E-state index is 5.94. The first-order chi connectivity index (χ1) is 8.78. The van der Waals surface area contributed by atoms with Crippen molar-refractivity contribution < 1.29 is 0 Å². The van der Waals surface area contributed by atoms with E-state index in [0.29, 0.717) is 0 Å². The van der Waals surface area contributed by atoms with E-state index in [1.54, 1.807) is 0 Å². The Hall–Kier alpha value is -1.31. The maximum absolute atomic E-state index is 5.94. The molecular formula is C16H16ClN. The first kappa shape index (κ1) is 11.8. The first-order valence-electron chi connectivity index (χ1n) is 6.29. The van der Waals surface area contributed by atoms with Gasteiger partial charge < -0.3 is 5.32 Å². The Balaban J connectivity index is 1.87. The lowest BCUT2D eigenvalue weighted by Gasteiger charge is -2.43. The highest BCUT2D eigenvalue weighted by Gasteiger charge is 2.38. The molecule has 3 rings (SSSR count). The smallest absolute Gasteiger partial charge is 0.0406 e. The highest BCUT2D eigenvalue weighted by atomic mass is 35.5. The van der Waals surface area contributed by atoms with Crippen LogP contribution in [0.25, 0.3) is 0 Å². The SMILES string of the molecule is Clc1ccc(CC2(c3ccccc3)CNC2)cc1. The van der Waals surface area contributed by atoms with Crippen molar-refractivity contribution in [3.8, 4) is 0 Å². The highest BCUT2D eigenvalue weighted by Crippen LogP contribution is 2.32.